The van der Waals surface area contributed by atoms with Gasteiger partial charge in [0.15, 0.2) is 5.69 Å². The van der Waals surface area contributed by atoms with Crippen LogP contribution in [0.2, 0.25) is 0 Å². The number of pyridine rings is 1. The van der Waals surface area contributed by atoms with Crippen LogP contribution in [0.15, 0.2) is 42.6 Å². The standard InChI is InChI=1S/C27H30FN3O4S/c1-4-35-25(32)24-18(2)36-23(30-24)17-31(14-6-8-19-7-5-9-20(28)15-19)26(33)27(12-13-27)22-11-10-21(34-3)16-29-22/h5,7,9-11,15-16H,4,6,8,12-14,17H2,1-3H3. The molecule has 0 saturated heterocycles. The normalized spacial score (nSPS) is 13.8. The fourth-order valence-electron chi connectivity index (χ4n) is 4.28. The molecule has 4 rings (SSSR count). The lowest BCUT2D eigenvalue weighted by Gasteiger charge is -2.27. The van der Waals surface area contributed by atoms with Crippen molar-refractivity contribution in [1.29, 1.82) is 0 Å². The van der Waals surface area contributed by atoms with Gasteiger partial charge in [0.2, 0.25) is 5.91 Å². The van der Waals surface area contributed by atoms with Gasteiger partial charge in [0.25, 0.3) is 0 Å². The van der Waals surface area contributed by atoms with Gasteiger partial charge in [0, 0.05) is 11.4 Å². The number of hydrogen-bond donors (Lipinski definition) is 0. The smallest absolute Gasteiger partial charge is 0.358 e. The van der Waals surface area contributed by atoms with Crippen molar-refractivity contribution in [1.82, 2.24) is 14.9 Å². The van der Waals surface area contributed by atoms with E-state index in [4.69, 9.17) is 9.47 Å². The van der Waals surface area contributed by atoms with E-state index in [9.17, 15) is 14.0 Å². The first-order chi connectivity index (χ1) is 17.4. The SMILES string of the molecule is CCOC(=O)c1nc(CN(CCCc2cccc(F)c2)C(=O)C2(c3ccc(OC)cn3)CC2)sc1C. The van der Waals surface area contributed by atoms with Crippen molar-refractivity contribution in [2.24, 2.45) is 0 Å². The topological polar surface area (TPSA) is 81.6 Å². The van der Waals surface area contributed by atoms with E-state index < -0.39 is 11.4 Å². The molecule has 36 heavy (non-hydrogen) atoms. The van der Waals surface area contributed by atoms with E-state index in [1.165, 1.54) is 23.5 Å². The summed E-state index contributed by atoms with van der Waals surface area (Å²) in [6.07, 6.45) is 4.37. The molecule has 0 unspecified atom stereocenters. The molecule has 1 saturated carbocycles. The Kier molecular flexibility index (Phi) is 7.98. The van der Waals surface area contributed by atoms with Gasteiger partial charge in [0.1, 0.15) is 16.6 Å². The minimum Gasteiger partial charge on any atom is -0.495 e. The number of ether oxygens (including phenoxy) is 2. The number of rotatable bonds is 11. The average molecular weight is 512 g/mol. The van der Waals surface area contributed by atoms with Crippen LogP contribution in [-0.2, 0) is 27.9 Å². The van der Waals surface area contributed by atoms with Crippen LogP contribution in [0.25, 0.3) is 0 Å². The Balaban J connectivity index is 1.55. The highest BCUT2D eigenvalue weighted by molar-refractivity contribution is 7.11. The van der Waals surface area contributed by atoms with Gasteiger partial charge in [-0.1, -0.05) is 12.1 Å². The number of benzene rings is 1. The number of thiazole rings is 1. The van der Waals surface area contributed by atoms with Crippen LogP contribution in [0.1, 0.15) is 57.8 Å². The largest absolute Gasteiger partial charge is 0.495 e. The molecule has 1 amide bonds. The molecule has 1 fully saturated rings. The highest BCUT2D eigenvalue weighted by Gasteiger charge is 2.54. The minimum absolute atomic E-state index is 0.00931. The van der Waals surface area contributed by atoms with Crippen LogP contribution in [-0.4, -0.2) is 47.0 Å². The first-order valence-electron chi connectivity index (χ1n) is 12.0. The number of halogens is 1. The highest BCUT2D eigenvalue weighted by atomic mass is 32.1. The van der Waals surface area contributed by atoms with E-state index in [1.807, 2.05) is 25.1 Å². The molecule has 0 bridgehead atoms. The van der Waals surface area contributed by atoms with Gasteiger partial charge in [-0.25, -0.2) is 14.2 Å². The number of carbonyl (C=O) groups excluding carboxylic acids is 2. The van der Waals surface area contributed by atoms with E-state index in [0.717, 1.165) is 29.0 Å². The molecule has 0 radical (unpaired) electrons. The second-order valence-corrected chi connectivity index (χ2v) is 10.1. The third-order valence-electron chi connectivity index (χ3n) is 6.33. The van der Waals surface area contributed by atoms with Crippen molar-refractivity contribution in [2.45, 2.75) is 51.5 Å². The summed E-state index contributed by atoms with van der Waals surface area (Å²) in [6.45, 7) is 4.60. The number of aryl methyl sites for hydroxylation is 2. The zero-order valence-corrected chi connectivity index (χ0v) is 21.6. The molecule has 2 aromatic heterocycles. The lowest BCUT2D eigenvalue weighted by Crippen LogP contribution is -2.40. The molecule has 3 aromatic rings. The van der Waals surface area contributed by atoms with Crippen molar-refractivity contribution in [3.8, 4) is 5.75 Å². The molecule has 7 nitrogen and oxygen atoms in total. The second-order valence-electron chi connectivity index (χ2n) is 8.86. The lowest BCUT2D eigenvalue weighted by atomic mass is 9.99. The van der Waals surface area contributed by atoms with Crippen LogP contribution in [0, 0.1) is 12.7 Å². The number of carbonyl (C=O) groups is 2. The van der Waals surface area contributed by atoms with Crippen molar-refractivity contribution in [3.63, 3.8) is 0 Å². The molecule has 0 N–H and O–H groups in total. The Morgan fingerprint density at radius 3 is 2.67 bits per heavy atom. The average Bonchev–Trinajstić information content (AvgIpc) is 3.60. The van der Waals surface area contributed by atoms with Gasteiger partial charge in [-0.15, -0.1) is 11.3 Å². The maximum atomic E-state index is 13.9. The van der Waals surface area contributed by atoms with E-state index in [0.29, 0.717) is 35.8 Å². The first kappa shape index (κ1) is 25.8. The summed E-state index contributed by atoms with van der Waals surface area (Å²) < 4.78 is 23.9. The summed E-state index contributed by atoms with van der Waals surface area (Å²) in [6, 6.07) is 10.2. The first-order valence-corrected chi connectivity index (χ1v) is 12.9. The number of aromatic nitrogens is 2. The second kappa shape index (κ2) is 11.2. The fourth-order valence-corrected chi connectivity index (χ4v) is 5.22. The summed E-state index contributed by atoms with van der Waals surface area (Å²) >= 11 is 1.39. The monoisotopic (exact) mass is 511 g/mol. The Morgan fingerprint density at radius 2 is 2.03 bits per heavy atom. The van der Waals surface area contributed by atoms with Crippen LogP contribution in [0.3, 0.4) is 0 Å². The van der Waals surface area contributed by atoms with Crippen molar-refractivity contribution >= 4 is 23.2 Å². The number of hydrogen-bond acceptors (Lipinski definition) is 7. The zero-order valence-electron chi connectivity index (χ0n) is 20.8. The zero-order chi connectivity index (χ0) is 25.7. The van der Waals surface area contributed by atoms with Gasteiger partial charge in [-0.3, -0.25) is 9.78 Å². The maximum Gasteiger partial charge on any atom is 0.358 e. The third-order valence-corrected chi connectivity index (χ3v) is 7.28. The molecule has 0 atom stereocenters. The summed E-state index contributed by atoms with van der Waals surface area (Å²) in [5.41, 5.74) is 1.24. The Morgan fingerprint density at radius 1 is 1.22 bits per heavy atom. The summed E-state index contributed by atoms with van der Waals surface area (Å²) in [4.78, 5) is 37.7. The minimum atomic E-state index is -0.665. The Labute approximate surface area is 214 Å². The molecule has 1 aliphatic rings. The van der Waals surface area contributed by atoms with Crippen molar-refractivity contribution in [3.05, 3.63) is 75.2 Å². The van der Waals surface area contributed by atoms with Gasteiger partial charge in [0.05, 0.1) is 37.6 Å². The van der Waals surface area contributed by atoms with Crippen molar-refractivity contribution in [2.75, 3.05) is 20.3 Å². The van der Waals surface area contributed by atoms with Crippen LogP contribution in [0.4, 0.5) is 4.39 Å². The number of amides is 1. The van der Waals surface area contributed by atoms with E-state index in [1.54, 1.807) is 31.2 Å². The van der Waals surface area contributed by atoms with Crippen LogP contribution >= 0.6 is 11.3 Å². The van der Waals surface area contributed by atoms with Gasteiger partial charge in [-0.05, 0) is 69.4 Å². The fraction of sp³-hybridized carbons (Fsp3) is 0.407. The van der Waals surface area contributed by atoms with Crippen molar-refractivity contribution < 1.29 is 23.5 Å². The molecule has 0 aliphatic heterocycles. The summed E-state index contributed by atoms with van der Waals surface area (Å²) in [5.74, 6) is -0.0982. The van der Waals surface area contributed by atoms with Gasteiger partial charge >= 0.3 is 5.97 Å². The van der Waals surface area contributed by atoms with Gasteiger partial charge in [-0.2, -0.15) is 0 Å². The third kappa shape index (κ3) is 5.73. The highest BCUT2D eigenvalue weighted by Crippen LogP contribution is 2.49. The molecule has 2 heterocycles. The van der Waals surface area contributed by atoms with Crippen LogP contribution in [0.5, 0.6) is 5.75 Å². The van der Waals surface area contributed by atoms with E-state index in [-0.39, 0.29) is 24.9 Å². The molecule has 1 aromatic carbocycles. The molecule has 190 valence electrons. The van der Waals surface area contributed by atoms with Gasteiger partial charge < -0.3 is 14.4 Å². The Hall–Kier alpha value is -3.33. The summed E-state index contributed by atoms with van der Waals surface area (Å²) in [5, 5.41) is 0.674. The molecule has 0 spiro atoms. The van der Waals surface area contributed by atoms with E-state index >= 15 is 0 Å². The lowest BCUT2D eigenvalue weighted by molar-refractivity contribution is -0.134. The molecular formula is C27H30FN3O4S. The van der Waals surface area contributed by atoms with E-state index in [2.05, 4.69) is 9.97 Å². The molecular weight excluding hydrogens is 481 g/mol. The quantitative estimate of drug-likeness (QED) is 0.342. The molecule has 9 heteroatoms. The Bertz CT molecular complexity index is 1220. The number of methoxy groups -OCH3 is 1. The predicted octanol–water partition coefficient (Wildman–Crippen LogP) is 4.86. The maximum absolute atomic E-state index is 13.9. The number of nitrogens with zero attached hydrogens (tertiary/aromatic N) is 3. The molecule has 1 aliphatic carbocycles. The summed E-state index contributed by atoms with van der Waals surface area (Å²) in [7, 11) is 1.58. The predicted molar refractivity (Wildman–Crippen MR) is 135 cm³/mol. The number of esters is 1. The van der Waals surface area contributed by atoms with Crippen LogP contribution < -0.4 is 4.74 Å².